The van der Waals surface area contributed by atoms with Gasteiger partial charge in [0, 0.05) is 12.3 Å². The number of hydrogen-bond acceptors (Lipinski definition) is 5. The van der Waals surface area contributed by atoms with Crippen molar-refractivity contribution in [3.05, 3.63) is 44.7 Å². The van der Waals surface area contributed by atoms with E-state index in [4.69, 9.17) is 5.11 Å². The van der Waals surface area contributed by atoms with Crippen LogP contribution < -0.4 is 10.3 Å². The summed E-state index contributed by atoms with van der Waals surface area (Å²) in [6.07, 6.45) is 1.26. The van der Waals surface area contributed by atoms with Crippen molar-refractivity contribution in [2.75, 3.05) is 4.72 Å². The molecule has 0 radical (unpaired) electrons. The number of anilines is 1. The number of rotatable bonds is 4. The predicted molar refractivity (Wildman–Crippen MR) is 78.6 cm³/mol. The summed E-state index contributed by atoms with van der Waals surface area (Å²) in [6, 6.07) is 2.57. The number of aromatic nitrogens is 1. The molecule has 112 valence electrons. The number of aromatic carboxylic acids is 1. The first-order valence-corrected chi connectivity index (χ1v) is 8.06. The van der Waals surface area contributed by atoms with Crippen LogP contribution in [0.4, 0.5) is 5.69 Å². The molecule has 0 spiro atoms. The van der Waals surface area contributed by atoms with Gasteiger partial charge in [-0.25, -0.2) is 13.2 Å². The molecule has 0 bridgehead atoms. The standard InChI is InChI=1S/C12H12N2O5S2/c1-6-3-9(15)13-5-8(6)14-21(18,19)10-4-7(2)11(20-10)12(16)17/h3-5,14H,1-2H3,(H,13,15)(H,16,17). The second-order valence-corrected chi connectivity index (χ2v) is 7.34. The minimum Gasteiger partial charge on any atom is -0.477 e. The lowest BCUT2D eigenvalue weighted by molar-refractivity contribution is 0.0701. The normalized spacial score (nSPS) is 11.3. The Bertz CT molecular complexity index is 864. The van der Waals surface area contributed by atoms with Gasteiger partial charge in [-0.1, -0.05) is 0 Å². The molecule has 0 aliphatic rings. The first-order chi connectivity index (χ1) is 9.70. The van der Waals surface area contributed by atoms with Crippen LogP contribution in [0, 0.1) is 13.8 Å². The molecule has 3 N–H and O–H groups in total. The number of thiophene rings is 1. The molecule has 0 fully saturated rings. The van der Waals surface area contributed by atoms with Crippen molar-refractivity contribution in [2.45, 2.75) is 18.1 Å². The Morgan fingerprint density at radius 3 is 2.48 bits per heavy atom. The average molecular weight is 328 g/mol. The summed E-state index contributed by atoms with van der Waals surface area (Å²) in [6.45, 7) is 3.12. The van der Waals surface area contributed by atoms with Gasteiger partial charge in [-0.3, -0.25) is 9.52 Å². The number of sulfonamides is 1. The fourth-order valence-electron chi connectivity index (χ4n) is 1.68. The van der Waals surface area contributed by atoms with Gasteiger partial charge in [0.25, 0.3) is 10.0 Å². The van der Waals surface area contributed by atoms with E-state index < -0.39 is 16.0 Å². The quantitative estimate of drug-likeness (QED) is 0.787. The summed E-state index contributed by atoms with van der Waals surface area (Å²) in [5.74, 6) is -1.17. The molecule has 0 aromatic carbocycles. The van der Waals surface area contributed by atoms with E-state index in [0.717, 1.165) is 0 Å². The van der Waals surface area contributed by atoms with Gasteiger partial charge >= 0.3 is 5.97 Å². The van der Waals surface area contributed by atoms with Crippen LogP contribution in [0.15, 0.2) is 27.3 Å². The van der Waals surface area contributed by atoms with E-state index in [-0.39, 0.29) is 20.3 Å². The summed E-state index contributed by atoms with van der Waals surface area (Å²) in [5.41, 5.74) is 0.744. The van der Waals surface area contributed by atoms with Gasteiger partial charge < -0.3 is 10.1 Å². The number of pyridine rings is 1. The molecule has 2 aromatic rings. The van der Waals surface area contributed by atoms with Crippen molar-refractivity contribution in [2.24, 2.45) is 0 Å². The molecule has 0 saturated carbocycles. The lowest BCUT2D eigenvalue weighted by atomic mass is 10.3. The number of aromatic amines is 1. The number of carboxylic acids is 1. The van der Waals surface area contributed by atoms with Crippen LogP contribution in [0.25, 0.3) is 0 Å². The van der Waals surface area contributed by atoms with E-state index in [9.17, 15) is 18.0 Å². The van der Waals surface area contributed by atoms with Gasteiger partial charge in [-0.15, -0.1) is 11.3 Å². The van der Waals surface area contributed by atoms with E-state index in [1.807, 2.05) is 0 Å². The largest absolute Gasteiger partial charge is 0.477 e. The van der Waals surface area contributed by atoms with Crippen LogP contribution in [-0.4, -0.2) is 24.5 Å². The minimum atomic E-state index is -3.90. The van der Waals surface area contributed by atoms with E-state index in [0.29, 0.717) is 22.5 Å². The van der Waals surface area contributed by atoms with Crippen molar-refractivity contribution in [3.8, 4) is 0 Å². The van der Waals surface area contributed by atoms with Crippen LogP contribution in [0.2, 0.25) is 0 Å². The molecule has 9 heteroatoms. The number of aryl methyl sites for hydroxylation is 2. The summed E-state index contributed by atoms with van der Waals surface area (Å²) in [5, 5.41) is 8.96. The van der Waals surface area contributed by atoms with E-state index in [1.165, 1.54) is 25.3 Å². The smallest absolute Gasteiger partial charge is 0.346 e. The second-order valence-electron chi connectivity index (χ2n) is 4.38. The molecule has 0 unspecified atom stereocenters. The van der Waals surface area contributed by atoms with Crippen molar-refractivity contribution in [3.63, 3.8) is 0 Å². The molecule has 0 atom stereocenters. The summed E-state index contributed by atoms with van der Waals surface area (Å²) in [7, 11) is -3.90. The van der Waals surface area contributed by atoms with Crippen LogP contribution in [0.3, 0.4) is 0 Å². The van der Waals surface area contributed by atoms with Crippen molar-refractivity contribution in [1.29, 1.82) is 0 Å². The average Bonchev–Trinajstić information content (AvgIpc) is 2.76. The van der Waals surface area contributed by atoms with Gasteiger partial charge in [0.1, 0.15) is 9.09 Å². The molecule has 2 rings (SSSR count). The maximum Gasteiger partial charge on any atom is 0.346 e. The summed E-state index contributed by atoms with van der Waals surface area (Å²) in [4.78, 5) is 24.4. The predicted octanol–water partition coefficient (Wildman–Crippen LogP) is 1.55. The Kier molecular flexibility index (Phi) is 3.88. The fourth-order valence-corrected chi connectivity index (χ4v) is 4.18. The van der Waals surface area contributed by atoms with Crippen LogP contribution in [-0.2, 0) is 10.0 Å². The Balaban J connectivity index is 2.41. The van der Waals surface area contributed by atoms with E-state index in [2.05, 4.69) is 9.71 Å². The van der Waals surface area contributed by atoms with Gasteiger partial charge in [-0.2, -0.15) is 0 Å². The zero-order valence-corrected chi connectivity index (χ0v) is 12.8. The number of carboxylic acid groups (broad SMARTS) is 1. The van der Waals surface area contributed by atoms with E-state index >= 15 is 0 Å². The highest BCUT2D eigenvalue weighted by Crippen LogP contribution is 2.28. The third-order valence-electron chi connectivity index (χ3n) is 2.73. The van der Waals surface area contributed by atoms with Gasteiger partial charge in [0.15, 0.2) is 0 Å². The van der Waals surface area contributed by atoms with Crippen molar-refractivity contribution >= 4 is 33.0 Å². The third kappa shape index (κ3) is 3.14. The number of nitrogens with one attached hydrogen (secondary N) is 2. The highest BCUT2D eigenvalue weighted by Gasteiger charge is 2.22. The molecule has 2 heterocycles. The third-order valence-corrected chi connectivity index (χ3v) is 5.79. The van der Waals surface area contributed by atoms with Crippen molar-refractivity contribution < 1.29 is 18.3 Å². The van der Waals surface area contributed by atoms with Crippen LogP contribution >= 0.6 is 11.3 Å². The van der Waals surface area contributed by atoms with Crippen molar-refractivity contribution in [1.82, 2.24) is 4.98 Å². The maximum absolute atomic E-state index is 12.2. The van der Waals surface area contributed by atoms with E-state index in [1.54, 1.807) is 6.92 Å². The highest BCUT2D eigenvalue weighted by atomic mass is 32.2. The Labute approximate surface area is 124 Å². The Hall–Kier alpha value is -2.13. The van der Waals surface area contributed by atoms with Gasteiger partial charge in [-0.05, 0) is 31.0 Å². The zero-order chi connectivity index (χ0) is 15.8. The molecule has 0 aliphatic heterocycles. The first kappa shape index (κ1) is 15.3. The topological polar surface area (TPSA) is 116 Å². The molecule has 0 amide bonds. The lowest BCUT2D eigenvalue weighted by Crippen LogP contribution is -2.14. The number of carbonyl (C=O) groups is 1. The molecule has 21 heavy (non-hydrogen) atoms. The summed E-state index contributed by atoms with van der Waals surface area (Å²) >= 11 is 0.681. The lowest BCUT2D eigenvalue weighted by Gasteiger charge is -2.08. The van der Waals surface area contributed by atoms with Crippen LogP contribution in [0.1, 0.15) is 20.8 Å². The molecule has 2 aromatic heterocycles. The highest BCUT2D eigenvalue weighted by molar-refractivity contribution is 7.94. The second kappa shape index (κ2) is 5.34. The van der Waals surface area contributed by atoms with Gasteiger partial charge in [0.2, 0.25) is 5.56 Å². The molecule has 7 nitrogen and oxygen atoms in total. The molecule has 0 saturated heterocycles. The fraction of sp³-hybridized carbons (Fsp3) is 0.167. The molecular formula is C12H12N2O5S2. The Morgan fingerprint density at radius 1 is 1.29 bits per heavy atom. The molecule has 0 aliphatic carbocycles. The first-order valence-electron chi connectivity index (χ1n) is 5.76. The number of hydrogen-bond donors (Lipinski definition) is 3. The maximum atomic E-state index is 12.2. The van der Waals surface area contributed by atoms with Gasteiger partial charge in [0.05, 0.1) is 5.69 Å². The monoisotopic (exact) mass is 328 g/mol. The number of H-pyrrole nitrogens is 1. The molecular weight excluding hydrogens is 316 g/mol. The minimum absolute atomic E-state index is 0.0198. The van der Waals surface area contributed by atoms with Crippen LogP contribution in [0.5, 0.6) is 0 Å². The zero-order valence-electron chi connectivity index (χ0n) is 11.1. The summed E-state index contributed by atoms with van der Waals surface area (Å²) < 4.78 is 26.7. The SMILES string of the molecule is Cc1cc(=O)[nH]cc1NS(=O)(=O)c1cc(C)c(C(=O)O)s1. The Morgan fingerprint density at radius 2 is 1.95 bits per heavy atom.